The summed E-state index contributed by atoms with van der Waals surface area (Å²) in [6.45, 7) is 4.33. The Labute approximate surface area is 101 Å². The van der Waals surface area contributed by atoms with E-state index in [0.29, 0.717) is 11.0 Å². The fourth-order valence-corrected chi connectivity index (χ4v) is 3.54. The van der Waals surface area contributed by atoms with Gasteiger partial charge in [-0.3, -0.25) is 0 Å². The quantitative estimate of drug-likeness (QED) is 0.787. The molecule has 1 aromatic carbocycles. The Morgan fingerprint density at radius 1 is 1.44 bits per heavy atom. The lowest BCUT2D eigenvalue weighted by atomic mass is 9.69. The highest BCUT2D eigenvalue weighted by atomic mass is 32.2. The zero-order valence-corrected chi connectivity index (χ0v) is 10.8. The second-order valence-corrected chi connectivity index (χ2v) is 6.14. The molecule has 1 aliphatic rings. The summed E-state index contributed by atoms with van der Waals surface area (Å²) in [5, 5.41) is 10.0. The van der Waals surface area contributed by atoms with E-state index in [1.165, 1.54) is 11.1 Å². The normalized spacial score (nSPS) is 27.5. The van der Waals surface area contributed by atoms with Gasteiger partial charge in [0.25, 0.3) is 0 Å². The maximum atomic E-state index is 9.58. The van der Waals surface area contributed by atoms with Gasteiger partial charge in [0.2, 0.25) is 0 Å². The molecule has 0 saturated carbocycles. The van der Waals surface area contributed by atoms with Crippen LogP contribution in [0.5, 0.6) is 5.75 Å². The lowest BCUT2D eigenvalue weighted by molar-refractivity contribution is 0.369. The second-order valence-electron chi connectivity index (χ2n) is 5.07. The molecule has 0 heterocycles. The lowest BCUT2D eigenvalue weighted by Gasteiger charge is -2.42. The van der Waals surface area contributed by atoms with Crippen molar-refractivity contribution in [3.63, 3.8) is 0 Å². The summed E-state index contributed by atoms with van der Waals surface area (Å²) in [7, 11) is 0. The van der Waals surface area contributed by atoms with Crippen LogP contribution < -0.4 is 5.73 Å². The van der Waals surface area contributed by atoms with Crippen LogP contribution in [-0.4, -0.2) is 22.7 Å². The Balaban J connectivity index is 2.52. The molecule has 1 aliphatic carbocycles. The van der Waals surface area contributed by atoms with Crippen molar-refractivity contribution >= 4 is 11.8 Å². The molecule has 0 unspecified atom stereocenters. The van der Waals surface area contributed by atoms with E-state index in [1.807, 2.05) is 23.9 Å². The molecule has 1 aromatic rings. The van der Waals surface area contributed by atoms with Crippen LogP contribution in [0.25, 0.3) is 0 Å². The number of fused-ring (bicyclic) bond motifs is 1. The van der Waals surface area contributed by atoms with Crippen LogP contribution >= 0.6 is 11.8 Å². The van der Waals surface area contributed by atoms with Gasteiger partial charge in [0, 0.05) is 16.7 Å². The molecule has 16 heavy (non-hydrogen) atoms. The van der Waals surface area contributed by atoms with E-state index in [2.05, 4.69) is 20.1 Å². The number of phenols is 1. The van der Waals surface area contributed by atoms with Crippen molar-refractivity contribution in [2.75, 3.05) is 6.26 Å². The van der Waals surface area contributed by atoms with E-state index < -0.39 is 0 Å². The highest BCUT2D eigenvalue weighted by Gasteiger charge is 2.39. The van der Waals surface area contributed by atoms with Gasteiger partial charge in [-0.15, -0.1) is 0 Å². The van der Waals surface area contributed by atoms with E-state index in [1.54, 1.807) is 6.07 Å². The molecule has 2 atom stereocenters. The van der Waals surface area contributed by atoms with Crippen molar-refractivity contribution in [1.82, 2.24) is 0 Å². The largest absolute Gasteiger partial charge is 0.508 e. The average Bonchev–Trinajstić information content (AvgIpc) is 2.25. The molecule has 3 N–H and O–H groups in total. The number of aromatic hydroxyl groups is 1. The minimum atomic E-state index is -0.0694. The molecule has 0 bridgehead atoms. The first-order valence-electron chi connectivity index (χ1n) is 5.57. The molecule has 2 rings (SSSR count). The average molecular weight is 237 g/mol. The van der Waals surface area contributed by atoms with Crippen LogP contribution in [0, 0.1) is 0 Å². The Morgan fingerprint density at radius 3 is 2.75 bits per heavy atom. The number of rotatable bonds is 1. The Bertz CT molecular complexity index is 403. The van der Waals surface area contributed by atoms with E-state index in [-0.39, 0.29) is 11.5 Å². The first-order valence-corrected chi connectivity index (χ1v) is 6.86. The number of thioether (sulfide) groups is 1. The minimum absolute atomic E-state index is 0.0694. The number of phenolic OH excluding ortho intramolecular Hbond substituents is 1. The Hall–Kier alpha value is -0.670. The van der Waals surface area contributed by atoms with Gasteiger partial charge in [0.15, 0.2) is 0 Å². The molecule has 0 aromatic heterocycles. The topological polar surface area (TPSA) is 46.2 Å². The zero-order valence-electron chi connectivity index (χ0n) is 10.0. The minimum Gasteiger partial charge on any atom is -0.508 e. The Kier molecular flexibility index (Phi) is 2.93. The molecule has 0 amide bonds. The molecular weight excluding hydrogens is 218 g/mol. The molecule has 0 saturated heterocycles. The van der Waals surface area contributed by atoms with Crippen molar-refractivity contribution in [3.8, 4) is 5.75 Å². The third kappa shape index (κ3) is 1.72. The molecule has 0 spiro atoms. The first kappa shape index (κ1) is 11.8. The van der Waals surface area contributed by atoms with E-state index in [4.69, 9.17) is 5.73 Å². The van der Waals surface area contributed by atoms with Crippen molar-refractivity contribution < 1.29 is 5.11 Å². The second kappa shape index (κ2) is 3.97. The van der Waals surface area contributed by atoms with Gasteiger partial charge in [-0.25, -0.2) is 0 Å². The van der Waals surface area contributed by atoms with Crippen LogP contribution in [0.3, 0.4) is 0 Å². The molecule has 3 heteroatoms. The van der Waals surface area contributed by atoms with Gasteiger partial charge >= 0.3 is 0 Å². The summed E-state index contributed by atoms with van der Waals surface area (Å²) in [6.07, 6.45) is 3.12. The van der Waals surface area contributed by atoms with Crippen LogP contribution in [0.2, 0.25) is 0 Å². The summed E-state index contributed by atoms with van der Waals surface area (Å²) in [5.74, 6) is 0.335. The fourth-order valence-electron chi connectivity index (χ4n) is 2.56. The predicted molar refractivity (Wildman–Crippen MR) is 70.1 cm³/mol. The van der Waals surface area contributed by atoms with Gasteiger partial charge in [0.05, 0.1) is 0 Å². The van der Waals surface area contributed by atoms with Gasteiger partial charge in [-0.1, -0.05) is 19.9 Å². The summed E-state index contributed by atoms with van der Waals surface area (Å²) >= 11 is 1.84. The molecule has 2 nitrogen and oxygen atoms in total. The maximum absolute atomic E-state index is 9.58. The van der Waals surface area contributed by atoms with Gasteiger partial charge in [-0.2, -0.15) is 11.8 Å². The standard InChI is InChI=1S/C13H19NOS/c1-13(2)10-7-9(15)5-4-8(10)6-11(16-3)12(13)14/h4-5,7,11-12,15H,6,14H2,1-3H3/t11-,12+/m1/s1. The van der Waals surface area contributed by atoms with Gasteiger partial charge in [0.1, 0.15) is 5.75 Å². The lowest BCUT2D eigenvalue weighted by Crippen LogP contribution is -2.52. The van der Waals surface area contributed by atoms with E-state index in [0.717, 1.165) is 6.42 Å². The highest BCUT2D eigenvalue weighted by Crippen LogP contribution is 2.40. The van der Waals surface area contributed by atoms with E-state index in [9.17, 15) is 5.11 Å². The molecule has 0 fully saturated rings. The summed E-state index contributed by atoms with van der Waals surface area (Å²) in [4.78, 5) is 0. The fraction of sp³-hybridized carbons (Fsp3) is 0.538. The van der Waals surface area contributed by atoms with Crippen LogP contribution in [0.4, 0.5) is 0 Å². The van der Waals surface area contributed by atoms with Crippen LogP contribution in [0.1, 0.15) is 25.0 Å². The van der Waals surface area contributed by atoms with Crippen molar-refractivity contribution in [1.29, 1.82) is 0 Å². The summed E-state index contributed by atoms with van der Waals surface area (Å²) in [5.41, 5.74) is 8.78. The molecular formula is C13H19NOS. The predicted octanol–water partition coefficient (Wildman–Crippen LogP) is 2.28. The van der Waals surface area contributed by atoms with Gasteiger partial charge < -0.3 is 10.8 Å². The highest BCUT2D eigenvalue weighted by molar-refractivity contribution is 7.99. The van der Waals surface area contributed by atoms with Crippen molar-refractivity contribution in [2.24, 2.45) is 5.73 Å². The number of hydrogen-bond donors (Lipinski definition) is 2. The Morgan fingerprint density at radius 2 is 2.12 bits per heavy atom. The zero-order chi connectivity index (χ0) is 11.9. The molecule has 0 aliphatic heterocycles. The van der Waals surface area contributed by atoms with Gasteiger partial charge in [-0.05, 0) is 35.9 Å². The molecule has 88 valence electrons. The SMILES string of the molecule is CS[C@@H]1Cc2ccc(O)cc2C(C)(C)[C@H]1N. The van der Waals surface area contributed by atoms with Crippen LogP contribution in [-0.2, 0) is 11.8 Å². The monoisotopic (exact) mass is 237 g/mol. The maximum Gasteiger partial charge on any atom is 0.115 e. The number of benzene rings is 1. The van der Waals surface area contributed by atoms with Crippen molar-refractivity contribution in [3.05, 3.63) is 29.3 Å². The third-order valence-corrected chi connectivity index (χ3v) is 4.81. The third-order valence-electron chi connectivity index (χ3n) is 3.75. The summed E-state index contributed by atoms with van der Waals surface area (Å²) < 4.78 is 0. The number of hydrogen-bond acceptors (Lipinski definition) is 3. The van der Waals surface area contributed by atoms with Crippen LogP contribution in [0.15, 0.2) is 18.2 Å². The first-order chi connectivity index (χ1) is 7.46. The molecule has 0 radical (unpaired) electrons. The van der Waals surface area contributed by atoms with Crippen molar-refractivity contribution in [2.45, 2.75) is 37.0 Å². The summed E-state index contributed by atoms with van der Waals surface area (Å²) in [6, 6.07) is 5.80. The van der Waals surface area contributed by atoms with E-state index >= 15 is 0 Å². The number of nitrogens with two attached hydrogens (primary N) is 1. The smallest absolute Gasteiger partial charge is 0.115 e.